The predicted molar refractivity (Wildman–Crippen MR) is 124 cm³/mol. The number of alkyl halides is 3. The van der Waals surface area contributed by atoms with Gasteiger partial charge >= 0.3 is 6.18 Å². The summed E-state index contributed by atoms with van der Waals surface area (Å²) in [5, 5.41) is 5.73. The summed E-state index contributed by atoms with van der Waals surface area (Å²) in [7, 11) is 0. The summed E-state index contributed by atoms with van der Waals surface area (Å²) >= 11 is 0. The number of hydrogen-bond donors (Lipinski definition) is 2. The number of ether oxygens (including phenoxy) is 1. The Labute approximate surface area is 212 Å². The summed E-state index contributed by atoms with van der Waals surface area (Å²) < 4.78 is 60.7. The van der Waals surface area contributed by atoms with Gasteiger partial charge < -0.3 is 15.0 Å². The highest BCUT2D eigenvalue weighted by Crippen LogP contribution is 2.38. The van der Waals surface area contributed by atoms with Crippen molar-refractivity contribution in [2.75, 3.05) is 6.61 Å². The molecule has 0 aromatic heterocycles. The van der Waals surface area contributed by atoms with E-state index in [1.165, 1.54) is 4.90 Å². The van der Waals surface area contributed by atoms with Crippen LogP contribution in [0.5, 0.6) is 0 Å². The maximum absolute atomic E-state index is 15.6. The van der Waals surface area contributed by atoms with Gasteiger partial charge in [-0.15, -0.1) is 0 Å². The van der Waals surface area contributed by atoms with E-state index in [4.69, 9.17) is 4.74 Å². The van der Waals surface area contributed by atoms with E-state index in [2.05, 4.69) is 10.6 Å². The maximum atomic E-state index is 15.6. The lowest BCUT2D eigenvalue weighted by Crippen LogP contribution is -2.52. The fourth-order valence-electron chi connectivity index (χ4n) is 6.15. The zero-order valence-electron chi connectivity index (χ0n) is 20.4. The van der Waals surface area contributed by atoms with Gasteiger partial charge in [-0.3, -0.25) is 19.7 Å². The van der Waals surface area contributed by atoms with Gasteiger partial charge in [0.25, 0.3) is 5.91 Å². The van der Waals surface area contributed by atoms with Crippen LogP contribution < -0.4 is 10.6 Å². The van der Waals surface area contributed by atoms with Gasteiger partial charge in [0.05, 0.1) is 18.6 Å². The normalized spacial score (nSPS) is 30.9. The molecule has 3 atom stereocenters. The number of nitrogens with one attached hydrogen (secondary N) is 2. The topological polar surface area (TPSA) is 87.7 Å². The Balaban J connectivity index is 1.25. The molecule has 11 heteroatoms. The van der Waals surface area contributed by atoms with Crippen LogP contribution in [0, 0.1) is 11.7 Å². The van der Waals surface area contributed by atoms with Crippen molar-refractivity contribution in [2.45, 2.75) is 94.7 Å². The molecule has 37 heavy (non-hydrogen) atoms. The van der Waals surface area contributed by atoms with Crippen LogP contribution in [0.25, 0.3) is 0 Å². The van der Waals surface area contributed by atoms with Crippen molar-refractivity contribution < 1.29 is 36.7 Å². The molecule has 1 aliphatic carbocycles. The minimum Gasteiger partial charge on any atom is -0.376 e. The Kier molecular flexibility index (Phi) is 7.28. The SMILES string of the molecule is O=C1CCC(N2Cc3c(ccc(C[C@H]4OCCC[C@@H]4NC4CCC(C(F)(F)F)CC4)c3F)C2=O)C(=O)N1. The minimum absolute atomic E-state index is 0.0302. The first-order valence-electron chi connectivity index (χ1n) is 13.0. The van der Waals surface area contributed by atoms with Crippen LogP contribution in [0.3, 0.4) is 0 Å². The molecule has 2 saturated heterocycles. The number of piperidine rings is 1. The molecule has 0 radical (unpaired) electrons. The molecule has 0 bridgehead atoms. The van der Waals surface area contributed by atoms with E-state index in [-0.39, 0.29) is 73.9 Å². The second-order valence-electron chi connectivity index (χ2n) is 10.6. The highest BCUT2D eigenvalue weighted by molar-refractivity contribution is 6.05. The number of imide groups is 1. The van der Waals surface area contributed by atoms with Crippen LogP contribution in [0.4, 0.5) is 17.6 Å². The molecule has 0 spiro atoms. The Morgan fingerprint density at radius 3 is 2.51 bits per heavy atom. The van der Waals surface area contributed by atoms with Gasteiger partial charge in [-0.25, -0.2) is 4.39 Å². The lowest BCUT2D eigenvalue weighted by Gasteiger charge is -2.38. The third kappa shape index (κ3) is 5.38. The summed E-state index contributed by atoms with van der Waals surface area (Å²) in [5.41, 5.74) is 0.848. The average Bonchev–Trinajstić information content (AvgIpc) is 3.18. The quantitative estimate of drug-likeness (QED) is 0.455. The molecule has 3 fully saturated rings. The van der Waals surface area contributed by atoms with Gasteiger partial charge in [0.1, 0.15) is 11.9 Å². The number of hydrogen-bond acceptors (Lipinski definition) is 5. The summed E-state index contributed by atoms with van der Waals surface area (Å²) in [5.74, 6) is -3.11. The number of benzene rings is 1. The maximum Gasteiger partial charge on any atom is 0.391 e. The van der Waals surface area contributed by atoms with E-state index in [9.17, 15) is 27.6 Å². The molecular formula is C26H31F4N3O4. The van der Waals surface area contributed by atoms with Gasteiger partial charge in [0.2, 0.25) is 11.8 Å². The molecule has 3 amide bonds. The van der Waals surface area contributed by atoms with E-state index in [0.717, 1.165) is 12.8 Å². The van der Waals surface area contributed by atoms with Crippen LogP contribution in [-0.2, 0) is 27.3 Å². The van der Waals surface area contributed by atoms with Crippen LogP contribution in [0.2, 0.25) is 0 Å². The first-order chi connectivity index (χ1) is 17.6. The van der Waals surface area contributed by atoms with Crippen molar-refractivity contribution in [3.05, 3.63) is 34.6 Å². The van der Waals surface area contributed by atoms with Crippen LogP contribution in [0.1, 0.15) is 72.9 Å². The molecule has 1 aromatic rings. The molecule has 4 aliphatic rings. The highest BCUT2D eigenvalue weighted by atomic mass is 19.4. The largest absolute Gasteiger partial charge is 0.391 e. The van der Waals surface area contributed by atoms with Gasteiger partial charge in [0.15, 0.2) is 0 Å². The zero-order chi connectivity index (χ0) is 26.3. The number of amides is 3. The fourth-order valence-corrected chi connectivity index (χ4v) is 6.15. The molecule has 202 valence electrons. The second kappa shape index (κ2) is 10.3. The number of halogens is 4. The van der Waals surface area contributed by atoms with Crippen molar-refractivity contribution in [3.8, 4) is 0 Å². The number of nitrogens with zero attached hydrogens (tertiary/aromatic N) is 1. The molecule has 3 heterocycles. The van der Waals surface area contributed by atoms with Gasteiger partial charge in [-0.05, 0) is 56.6 Å². The monoisotopic (exact) mass is 525 g/mol. The molecule has 7 nitrogen and oxygen atoms in total. The lowest BCUT2D eigenvalue weighted by molar-refractivity contribution is -0.183. The number of rotatable bonds is 5. The predicted octanol–water partition coefficient (Wildman–Crippen LogP) is 3.39. The third-order valence-corrected chi connectivity index (χ3v) is 8.23. The summed E-state index contributed by atoms with van der Waals surface area (Å²) in [6, 6.07) is 2.20. The second-order valence-corrected chi connectivity index (χ2v) is 10.6. The molecule has 1 aromatic carbocycles. The number of fused-ring (bicyclic) bond motifs is 1. The molecule has 5 rings (SSSR count). The van der Waals surface area contributed by atoms with Crippen molar-refractivity contribution in [1.82, 2.24) is 15.5 Å². The summed E-state index contributed by atoms with van der Waals surface area (Å²) in [4.78, 5) is 38.0. The third-order valence-electron chi connectivity index (χ3n) is 8.23. The standard InChI is InChI=1S/C26H31F4N3O4/c27-23-14(3-8-17-18(23)13-33(25(17)36)20-9-10-22(34)32-24(20)35)12-21-19(2-1-11-37-21)31-16-6-4-15(5-7-16)26(28,29)30/h3,8,15-16,19-21,31H,1-2,4-7,9-13H2,(H,32,34,35)/t15?,16?,19-,20?,21+/m0/s1. The Bertz CT molecular complexity index is 1070. The average molecular weight is 526 g/mol. The van der Waals surface area contributed by atoms with Gasteiger partial charge in [0, 0.05) is 42.7 Å². The van der Waals surface area contributed by atoms with E-state index in [1.54, 1.807) is 12.1 Å². The minimum atomic E-state index is -4.15. The Hall–Kier alpha value is -2.53. The number of carbonyl (C=O) groups is 3. The highest BCUT2D eigenvalue weighted by Gasteiger charge is 2.43. The first kappa shape index (κ1) is 26.1. The van der Waals surface area contributed by atoms with Gasteiger partial charge in [-0.1, -0.05) is 6.07 Å². The molecule has 1 unspecified atom stereocenters. The number of carbonyl (C=O) groups excluding carboxylic acids is 3. The Morgan fingerprint density at radius 2 is 1.81 bits per heavy atom. The fraction of sp³-hybridized carbons (Fsp3) is 0.654. The van der Waals surface area contributed by atoms with E-state index in [1.807, 2.05) is 0 Å². The lowest BCUT2D eigenvalue weighted by atomic mass is 9.84. The molecule has 2 N–H and O–H groups in total. The molecule has 3 aliphatic heterocycles. The van der Waals surface area contributed by atoms with Crippen molar-refractivity contribution >= 4 is 17.7 Å². The van der Waals surface area contributed by atoms with Crippen molar-refractivity contribution in [2.24, 2.45) is 5.92 Å². The van der Waals surface area contributed by atoms with Crippen LogP contribution in [0.15, 0.2) is 12.1 Å². The Morgan fingerprint density at radius 1 is 1.05 bits per heavy atom. The van der Waals surface area contributed by atoms with E-state index in [0.29, 0.717) is 25.0 Å². The van der Waals surface area contributed by atoms with Crippen LogP contribution in [-0.4, -0.2) is 59.6 Å². The smallest absolute Gasteiger partial charge is 0.376 e. The van der Waals surface area contributed by atoms with Crippen LogP contribution >= 0.6 is 0 Å². The van der Waals surface area contributed by atoms with Gasteiger partial charge in [-0.2, -0.15) is 13.2 Å². The zero-order valence-corrected chi connectivity index (χ0v) is 20.4. The summed E-state index contributed by atoms with van der Waals surface area (Å²) in [6.45, 7) is 0.480. The first-order valence-corrected chi connectivity index (χ1v) is 13.0. The van der Waals surface area contributed by atoms with Crippen molar-refractivity contribution in [1.29, 1.82) is 0 Å². The van der Waals surface area contributed by atoms with E-state index < -0.39 is 35.8 Å². The summed E-state index contributed by atoms with van der Waals surface area (Å²) in [6.07, 6.45) is -1.20. The molecule has 1 saturated carbocycles. The van der Waals surface area contributed by atoms with Crippen molar-refractivity contribution in [3.63, 3.8) is 0 Å². The molecular weight excluding hydrogens is 494 g/mol. The van der Waals surface area contributed by atoms with E-state index >= 15 is 4.39 Å².